The van der Waals surface area contributed by atoms with E-state index in [9.17, 15) is 9.59 Å². The summed E-state index contributed by atoms with van der Waals surface area (Å²) in [6.07, 6.45) is 1.82. The van der Waals surface area contributed by atoms with Crippen LogP contribution in [0.3, 0.4) is 0 Å². The van der Waals surface area contributed by atoms with Crippen LogP contribution in [0, 0.1) is 0 Å². The van der Waals surface area contributed by atoms with Crippen LogP contribution in [0.5, 0.6) is 0 Å². The number of furan rings is 1. The molecule has 6 heteroatoms. The zero-order chi connectivity index (χ0) is 15.1. The van der Waals surface area contributed by atoms with E-state index >= 15 is 0 Å². The fraction of sp³-hybridized carbons (Fsp3) is 0.571. The number of rotatable bonds is 7. The van der Waals surface area contributed by atoms with E-state index in [1.807, 2.05) is 13.8 Å². The van der Waals surface area contributed by atoms with E-state index in [1.54, 1.807) is 24.1 Å². The van der Waals surface area contributed by atoms with Gasteiger partial charge in [0.1, 0.15) is 0 Å². The predicted octanol–water partition coefficient (Wildman–Crippen LogP) is 2.76. The van der Waals surface area contributed by atoms with Gasteiger partial charge in [0, 0.05) is 20.1 Å². The first kappa shape index (κ1) is 16.8. The summed E-state index contributed by atoms with van der Waals surface area (Å²) in [5.74, 6) is -0.100. The van der Waals surface area contributed by atoms with E-state index in [4.69, 9.17) is 4.42 Å². The maximum Gasteiger partial charge on any atom is 0.289 e. The third kappa shape index (κ3) is 4.67. The molecule has 1 aromatic heterocycles. The number of carbonyl (C=O) groups excluding carboxylic acids is 2. The molecule has 0 saturated carbocycles. The van der Waals surface area contributed by atoms with Gasteiger partial charge < -0.3 is 14.2 Å². The summed E-state index contributed by atoms with van der Waals surface area (Å²) in [5, 5.41) is 0. The molecule has 1 rings (SSSR count). The Balaban J connectivity index is 2.61. The summed E-state index contributed by atoms with van der Waals surface area (Å²) in [6.45, 7) is 5.58. The molecule has 0 atom stereocenters. The van der Waals surface area contributed by atoms with Crippen molar-refractivity contribution in [2.45, 2.75) is 26.7 Å². The fourth-order valence-corrected chi connectivity index (χ4v) is 2.20. The molecule has 0 radical (unpaired) electrons. The van der Waals surface area contributed by atoms with Crippen molar-refractivity contribution in [1.82, 2.24) is 9.80 Å². The summed E-state index contributed by atoms with van der Waals surface area (Å²) >= 11 is 3.15. The first-order chi connectivity index (χ1) is 9.49. The second kappa shape index (κ2) is 8.09. The van der Waals surface area contributed by atoms with Crippen LogP contribution in [0.15, 0.2) is 21.2 Å². The van der Waals surface area contributed by atoms with Crippen molar-refractivity contribution in [3.05, 3.63) is 22.6 Å². The van der Waals surface area contributed by atoms with Crippen molar-refractivity contribution >= 4 is 27.7 Å². The lowest BCUT2D eigenvalue weighted by molar-refractivity contribution is -0.131. The number of hydrogen-bond donors (Lipinski definition) is 0. The monoisotopic (exact) mass is 344 g/mol. The highest BCUT2D eigenvalue weighted by molar-refractivity contribution is 9.10. The molecule has 1 aromatic rings. The van der Waals surface area contributed by atoms with E-state index in [0.717, 1.165) is 25.9 Å². The Labute approximate surface area is 128 Å². The highest BCUT2D eigenvalue weighted by Gasteiger charge is 2.20. The molecular formula is C14H21BrN2O3. The third-order valence-corrected chi connectivity index (χ3v) is 3.27. The minimum atomic E-state index is -0.294. The summed E-state index contributed by atoms with van der Waals surface area (Å²) in [7, 11) is 1.60. The Morgan fingerprint density at radius 2 is 1.80 bits per heavy atom. The van der Waals surface area contributed by atoms with Crippen molar-refractivity contribution in [2.75, 3.05) is 26.7 Å². The number of hydrogen-bond acceptors (Lipinski definition) is 3. The van der Waals surface area contributed by atoms with Crippen LogP contribution >= 0.6 is 15.9 Å². The average molecular weight is 345 g/mol. The van der Waals surface area contributed by atoms with Crippen molar-refractivity contribution in [3.8, 4) is 0 Å². The van der Waals surface area contributed by atoms with Crippen LogP contribution in [-0.4, -0.2) is 48.3 Å². The molecule has 20 heavy (non-hydrogen) atoms. The lowest BCUT2D eigenvalue weighted by Gasteiger charge is -2.24. The first-order valence-electron chi connectivity index (χ1n) is 6.78. The molecule has 0 aromatic carbocycles. The summed E-state index contributed by atoms with van der Waals surface area (Å²) in [4.78, 5) is 27.4. The number of nitrogens with zero attached hydrogens (tertiary/aromatic N) is 2. The number of likely N-dealkylation sites (N-methyl/N-ethyl adjacent to an activating group) is 1. The minimum Gasteiger partial charge on any atom is -0.444 e. The van der Waals surface area contributed by atoms with Gasteiger partial charge in [0.2, 0.25) is 5.91 Å². The van der Waals surface area contributed by atoms with Crippen LogP contribution in [0.4, 0.5) is 0 Å². The molecule has 0 fully saturated rings. The maximum atomic E-state index is 12.2. The standard InChI is InChI=1S/C14H21BrN2O3/c1-4-8-17(9-5-2)13(18)10-16(3)14(19)11-6-7-12(15)20-11/h6-7H,4-5,8-10H2,1-3H3. The first-order valence-corrected chi connectivity index (χ1v) is 7.57. The van der Waals surface area contributed by atoms with Crippen molar-refractivity contribution < 1.29 is 14.0 Å². The molecular weight excluding hydrogens is 324 g/mol. The Morgan fingerprint density at radius 3 is 2.25 bits per heavy atom. The summed E-state index contributed by atoms with van der Waals surface area (Å²) in [6, 6.07) is 3.24. The molecule has 0 bridgehead atoms. The second-order valence-electron chi connectivity index (χ2n) is 4.65. The molecule has 0 aliphatic carbocycles. The fourth-order valence-electron chi connectivity index (χ4n) is 1.89. The number of amides is 2. The van der Waals surface area contributed by atoms with Gasteiger partial charge in [-0.1, -0.05) is 13.8 Å². The highest BCUT2D eigenvalue weighted by Crippen LogP contribution is 2.15. The van der Waals surface area contributed by atoms with Gasteiger partial charge in [-0.3, -0.25) is 9.59 Å². The number of halogens is 1. The molecule has 0 N–H and O–H groups in total. The van der Waals surface area contributed by atoms with Gasteiger partial charge in [-0.15, -0.1) is 0 Å². The Morgan fingerprint density at radius 1 is 1.20 bits per heavy atom. The van der Waals surface area contributed by atoms with Gasteiger partial charge in [-0.05, 0) is 40.9 Å². The highest BCUT2D eigenvalue weighted by atomic mass is 79.9. The zero-order valence-corrected chi connectivity index (χ0v) is 13.8. The molecule has 2 amide bonds. The molecule has 0 unspecified atom stereocenters. The van der Waals surface area contributed by atoms with Gasteiger partial charge in [-0.2, -0.15) is 0 Å². The van der Waals surface area contributed by atoms with Gasteiger partial charge in [0.25, 0.3) is 5.91 Å². The topological polar surface area (TPSA) is 53.8 Å². The van der Waals surface area contributed by atoms with E-state index in [0.29, 0.717) is 4.67 Å². The van der Waals surface area contributed by atoms with Gasteiger partial charge in [-0.25, -0.2) is 0 Å². The molecule has 1 heterocycles. The number of carbonyl (C=O) groups is 2. The average Bonchev–Trinajstić information content (AvgIpc) is 2.84. The van der Waals surface area contributed by atoms with Crippen LogP contribution in [-0.2, 0) is 4.79 Å². The smallest absolute Gasteiger partial charge is 0.289 e. The largest absolute Gasteiger partial charge is 0.444 e. The zero-order valence-electron chi connectivity index (χ0n) is 12.2. The van der Waals surface area contributed by atoms with E-state index in [1.165, 1.54) is 4.90 Å². The van der Waals surface area contributed by atoms with Gasteiger partial charge >= 0.3 is 0 Å². The van der Waals surface area contributed by atoms with Gasteiger partial charge in [0.05, 0.1) is 6.54 Å². The Hall–Kier alpha value is -1.30. The van der Waals surface area contributed by atoms with Crippen LogP contribution < -0.4 is 0 Å². The summed E-state index contributed by atoms with van der Waals surface area (Å²) in [5.41, 5.74) is 0. The SMILES string of the molecule is CCCN(CCC)C(=O)CN(C)C(=O)c1ccc(Br)o1. The second-order valence-corrected chi connectivity index (χ2v) is 5.43. The Bertz CT molecular complexity index is 453. The molecule has 0 spiro atoms. The molecule has 0 aliphatic heterocycles. The maximum absolute atomic E-state index is 12.2. The lowest BCUT2D eigenvalue weighted by Crippen LogP contribution is -2.41. The lowest BCUT2D eigenvalue weighted by atomic mass is 10.3. The predicted molar refractivity (Wildman–Crippen MR) is 80.5 cm³/mol. The van der Waals surface area contributed by atoms with Crippen LogP contribution in [0.25, 0.3) is 0 Å². The Kier molecular flexibility index (Phi) is 6.78. The molecule has 0 saturated heterocycles. The van der Waals surface area contributed by atoms with Crippen molar-refractivity contribution in [2.24, 2.45) is 0 Å². The molecule has 0 aliphatic rings. The van der Waals surface area contributed by atoms with Crippen LogP contribution in [0.2, 0.25) is 0 Å². The normalized spacial score (nSPS) is 10.4. The quantitative estimate of drug-likeness (QED) is 0.764. The summed E-state index contributed by atoms with van der Waals surface area (Å²) < 4.78 is 5.70. The van der Waals surface area contributed by atoms with Crippen molar-refractivity contribution in [3.63, 3.8) is 0 Å². The van der Waals surface area contributed by atoms with Gasteiger partial charge in [0.15, 0.2) is 10.4 Å². The van der Waals surface area contributed by atoms with E-state index in [2.05, 4.69) is 15.9 Å². The minimum absolute atomic E-state index is 0.0322. The molecule has 112 valence electrons. The van der Waals surface area contributed by atoms with E-state index in [-0.39, 0.29) is 24.1 Å². The van der Waals surface area contributed by atoms with Crippen LogP contribution in [0.1, 0.15) is 37.2 Å². The molecule has 5 nitrogen and oxygen atoms in total. The van der Waals surface area contributed by atoms with E-state index < -0.39 is 0 Å². The third-order valence-electron chi connectivity index (χ3n) is 2.84. The van der Waals surface area contributed by atoms with Crippen molar-refractivity contribution in [1.29, 1.82) is 0 Å².